The van der Waals surface area contributed by atoms with Gasteiger partial charge in [0.25, 0.3) is 5.91 Å². The highest BCUT2D eigenvalue weighted by Gasteiger charge is 2.17. The molecule has 0 aliphatic rings. The molecular formula is C22H32N3O3S+. The summed E-state index contributed by atoms with van der Waals surface area (Å²) in [6, 6.07) is 14.7. The molecule has 7 heteroatoms. The van der Waals surface area contributed by atoms with Crippen molar-refractivity contribution in [3.8, 4) is 0 Å². The summed E-state index contributed by atoms with van der Waals surface area (Å²) in [6.07, 6.45) is 0. The smallest absolute Gasteiger partial charge is 0.279 e. The third-order valence-electron chi connectivity index (χ3n) is 4.70. The third kappa shape index (κ3) is 6.39. The molecule has 2 aromatic rings. The number of rotatable bonds is 7. The molecule has 0 fully saturated rings. The Morgan fingerprint density at radius 2 is 1.55 bits per heavy atom. The van der Waals surface area contributed by atoms with Crippen molar-refractivity contribution in [1.82, 2.24) is 4.31 Å². The van der Waals surface area contributed by atoms with Crippen LogP contribution in [-0.4, -0.2) is 46.3 Å². The molecule has 158 valence electrons. The summed E-state index contributed by atoms with van der Waals surface area (Å²) in [4.78, 5) is 13.6. The average Bonchev–Trinajstić information content (AvgIpc) is 2.61. The number of nitrogens with zero attached hydrogens (tertiary/aromatic N) is 1. The summed E-state index contributed by atoms with van der Waals surface area (Å²) in [5, 5.41) is 2.83. The number of amides is 1. The predicted molar refractivity (Wildman–Crippen MR) is 117 cm³/mol. The highest BCUT2D eigenvalue weighted by molar-refractivity contribution is 7.89. The topological polar surface area (TPSA) is 70.9 Å². The first-order chi connectivity index (χ1) is 13.4. The van der Waals surface area contributed by atoms with Crippen LogP contribution in [0.5, 0.6) is 0 Å². The maximum atomic E-state index is 12.3. The van der Waals surface area contributed by atoms with Crippen LogP contribution in [0.3, 0.4) is 0 Å². The van der Waals surface area contributed by atoms with Crippen molar-refractivity contribution in [2.75, 3.05) is 33.0 Å². The van der Waals surface area contributed by atoms with Crippen LogP contribution in [0.2, 0.25) is 0 Å². The van der Waals surface area contributed by atoms with Crippen LogP contribution in [-0.2, 0) is 26.8 Å². The van der Waals surface area contributed by atoms with Gasteiger partial charge in [-0.3, -0.25) is 4.79 Å². The molecule has 0 radical (unpaired) electrons. The quantitative estimate of drug-likeness (QED) is 0.721. The van der Waals surface area contributed by atoms with Gasteiger partial charge in [0.2, 0.25) is 10.0 Å². The number of sulfonamides is 1. The van der Waals surface area contributed by atoms with Gasteiger partial charge in [-0.15, -0.1) is 0 Å². The largest absolute Gasteiger partial charge is 0.326 e. The van der Waals surface area contributed by atoms with Gasteiger partial charge in [-0.05, 0) is 35.2 Å². The van der Waals surface area contributed by atoms with E-state index in [9.17, 15) is 13.2 Å². The van der Waals surface area contributed by atoms with Crippen molar-refractivity contribution in [2.24, 2.45) is 0 Å². The first kappa shape index (κ1) is 23.1. The molecular weight excluding hydrogens is 386 g/mol. The van der Waals surface area contributed by atoms with E-state index in [0.717, 1.165) is 15.7 Å². The molecule has 0 aromatic heterocycles. The van der Waals surface area contributed by atoms with Crippen LogP contribution in [0.15, 0.2) is 53.4 Å². The summed E-state index contributed by atoms with van der Waals surface area (Å²) in [6.45, 7) is 7.63. The second-order valence-electron chi connectivity index (χ2n) is 8.62. The molecule has 0 aliphatic heterocycles. The minimum Gasteiger partial charge on any atom is -0.326 e. The fraction of sp³-hybridized carbons (Fsp3) is 0.409. The van der Waals surface area contributed by atoms with E-state index in [2.05, 4.69) is 50.4 Å². The fourth-order valence-corrected chi connectivity index (χ4v) is 3.84. The zero-order chi connectivity index (χ0) is 21.8. The van der Waals surface area contributed by atoms with Gasteiger partial charge in [0.1, 0.15) is 6.54 Å². The van der Waals surface area contributed by atoms with Gasteiger partial charge in [0.15, 0.2) is 6.54 Å². The fourth-order valence-electron chi connectivity index (χ4n) is 2.93. The van der Waals surface area contributed by atoms with Crippen LogP contribution < -0.4 is 10.2 Å². The monoisotopic (exact) mass is 418 g/mol. The molecule has 0 saturated carbocycles. The van der Waals surface area contributed by atoms with Crippen molar-refractivity contribution in [2.45, 2.75) is 37.6 Å². The Bertz CT molecular complexity index is 929. The maximum absolute atomic E-state index is 12.3. The molecule has 0 saturated heterocycles. The maximum Gasteiger partial charge on any atom is 0.279 e. The van der Waals surface area contributed by atoms with Crippen LogP contribution in [0.25, 0.3) is 0 Å². The number of anilines is 1. The van der Waals surface area contributed by atoms with Crippen molar-refractivity contribution >= 4 is 21.6 Å². The summed E-state index contributed by atoms with van der Waals surface area (Å²) >= 11 is 0. The lowest BCUT2D eigenvalue weighted by atomic mass is 9.87. The van der Waals surface area contributed by atoms with Gasteiger partial charge >= 0.3 is 0 Å². The Labute approximate surface area is 174 Å². The van der Waals surface area contributed by atoms with Crippen LogP contribution >= 0.6 is 0 Å². The number of hydrogen-bond donors (Lipinski definition) is 2. The molecule has 0 heterocycles. The number of benzene rings is 2. The number of hydrogen-bond acceptors (Lipinski definition) is 3. The van der Waals surface area contributed by atoms with Gasteiger partial charge < -0.3 is 10.2 Å². The number of nitrogens with one attached hydrogen (secondary N) is 2. The van der Waals surface area contributed by atoms with E-state index < -0.39 is 10.0 Å². The Morgan fingerprint density at radius 1 is 1.00 bits per heavy atom. The van der Waals surface area contributed by atoms with Crippen LogP contribution in [0.1, 0.15) is 31.9 Å². The molecule has 0 spiro atoms. The molecule has 1 unspecified atom stereocenters. The summed E-state index contributed by atoms with van der Waals surface area (Å²) in [5.74, 6) is -0.114. The van der Waals surface area contributed by atoms with E-state index in [0.29, 0.717) is 12.2 Å². The van der Waals surface area contributed by atoms with Crippen molar-refractivity contribution in [3.63, 3.8) is 0 Å². The second-order valence-corrected chi connectivity index (χ2v) is 10.8. The average molecular weight is 419 g/mol. The first-order valence-electron chi connectivity index (χ1n) is 9.63. The number of quaternary nitrogens is 1. The molecule has 2 aromatic carbocycles. The van der Waals surface area contributed by atoms with E-state index in [4.69, 9.17) is 0 Å². The van der Waals surface area contributed by atoms with E-state index >= 15 is 0 Å². The minimum absolute atomic E-state index is 0.114. The summed E-state index contributed by atoms with van der Waals surface area (Å²) < 4.78 is 25.4. The van der Waals surface area contributed by atoms with E-state index in [1.54, 1.807) is 12.1 Å². The van der Waals surface area contributed by atoms with Gasteiger partial charge in [-0.25, -0.2) is 12.7 Å². The highest BCUT2D eigenvalue weighted by atomic mass is 32.2. The molecule has 2 rings (SSSR count). The molecule has 2 N–H and O–H groups in total. The standard InChI is InChI=1S/C22H31N3O3S/c1-22(2,3)18-9-7-17(8-10-18)15-25(6)16-21(26)23-19-11-13-20(14-12-19)29(27,28)24(4)5/h7-14H,15-16H2,1-6H3,(H,23,26)/p+1. The Kier molecular flexibility index (Phi) is 7.21. The van der Waals surface area contributed by atoms with Crippen molar-refractivity contribution < 1.29 is 18.1 Å². The van der Waals surface area contributed by atoms with Gasteiger partial charge in [-0.2, -0.15) is 0 Å². The van der Waals surface area contributed by atoms with Gasteiger partial charge in [0.05, 0.1) is 11.9 Å². The Balaban J connectivity index is 1.92. The third-order valence-corrected chi connectivity index (χ3v) is 6.53. The SMILES string of the molecule is CN(C)S(=O)(=O)c1ccc(NC(=O)C[NH+](C)Cc2ccc(C(C)(C)C)cc2)cc1. The minimum atomic E-state index is -3.47. The second kappa shape index (κ2) is 9.07. The molecule has 6 nitrogen and oxygen atoms in total. The molecule has 1 amide bonds. The van der Waals surface area contributed by atoms with E-state index in [1.165, 1.54) is 37.4 Å². The lowest BCUT2D eigenvalue weighted by Gasteiger charge is -2.19. The molecule has 29 heavy (non-hydrogen) atoms. The molecule has 1 atom stereocenters. The zero-order valence-electron chi connectivity index (χ0n) is 18.1. The lowest BCUT2D eigenvalue weighted by molar-refractivity contribution is -0.885. The van der Waals surface area contributed by atoms with E-state index in [1.807, 2.05) is 7.05 Å². The Morgan fingerprint density at radius 3 is 2.03 bits per heavy atom. The van der Waals surface area contributed by atoms with Crippen LogP contribution in [0.4, 0.5) is 5.69 Å². The zero-order valence-corrected chi connectivity index (χ0v) is 18.9. The predicted octanol–water partition coefficient (Wildman–Crippen LogP) is 1.89. The summed E-state index contributed by atoms with van der Waals surface area (Å²) in [7, 11) is 1.48. The number of carbonyl (C=O) groups excluding carboxylic acids is 1. The first-order valence-corrected chi connectivity index (χ1v) is 11.1. The van der Waals surface area contributed by atoms with E-state index in [-0.39, 0.29) is 16.2 Å². The van der Waals surface area contributed by atoms with Crippen LogP contribution in [0, 0.1) is 0 Å². The highest BCUT2D eigenvalue weighted by Crippen LogP contribution is 2.22. The van der Waals surface area contributed by atoms with Crippen molar-refractivity contribution in [1.29, 1.82) is 0 Å². The lowest BCUT2D eigenvalue weighted by Crippen LogP contribution is -3.08. The summed E-state index contributed by atoms with van der Waals surface area (Å²) in [5.41, 5.74) is 3.17. The number of likely N-dealkylation sites (N-methyl/N-ethyl adjacent to an activating group) is 1. The van der Waals surface area contributed by atoms with Gasteiger partial charge in [0, 0.05) is 25.3 Å². The Hall–Kier alpha value is -2.22. The molecule has 0 bridgehead atoms. The normalized spacial score (nSPS) is 13.3. The van der Waals surface area contributed by atoms with Gasteiger partial charge in [-0.1, -0.05) is 45.0 Å². The molecule has 0 aliphatic carbocycles. The number of carbonyl (C=O) groups is 1. The van der Waals surface area contributed by atoms with Crippen molar-refractivity contribution in [3.05, 3.63) is 59.7 Å².